The third-order valence-corrected chi connectivity index (χ3v) is 6.56. The van der Waals surface area contributed by atoms with Crippen LogP contribution >= 0.6 is 11.3 Å². The van der Waals surface area contributed by atoms with Crippen LogP contribution < -0.4 is 10.1 Å². The second-order valence-corrected chi connectivity index (χ2v) is 8.98. The van der Waals surface area contributed by atoms with E-state index >= 15 is 0 Å². The number of imidazole rings is 1. The van der Waals surface area contributed by atoms with Gasteiger partial charge in [-0.1, -0.05) is 0 Å². The molecule has 1 aliphatic rings. The number of hydrogen-bond acceptors (Lipinski definition) is 6. The molecule has 1 aliphatic heterocycles. The summed E-state index contributed by atoms with van der Waals surface area (Å²) >= 11 is 1.58. The highest BCUT2D eigenvalue weighted by atomic mass is 32.1. The monoisotopic (exact) mass is 447 g/mol. The molecule has 1 aromatic carbocycles. The van der Waals surface area contributed by atoms with Crippen molar-refractivity contribution in [1.29, 1.82) is 0 Å². The average molecular weight is 448 g/mol. The molecule has 1 amide bonds. The number of aryl methyl sites for hydroxylation is 1. The van der Waals surface area contributed by atoms with Crippen LogP contribution in [-0.4, -0.2) is 45.4 Å². The molecule has 4 heterocycles. The van der Waals surface area contributed by atoms with Crippen LogP contribution in [0.5, 0.6) is 5.75 Å². The van der Waals surface area contributed by atoms with Crippen molar-refractivity contribution >= 4 is 33.6 Å². The van der Waals surface area contributed by atoms with E-state index in [1.807, 2.05) is 64.3 Å². The number of ether oxygens (including phenoxy) is 1. The van der Waals surface area contributed by atoms with Crippen molar-refractivity contribution in [3.63, 3.8) is 0 Å². The van der Waals surface area contributed by atoms with Gasteiger partial charge in [-0.05, 0) is 49.7 Å². The van der Waals surface area contributed by atoms with Gasteiger partial charge in [0.15, 0.2) is 4.96 Å². The molecule has 1 atom stereocenters. The van der Waals surface area contributed by atoms with Gasteiger partial charge in [0, 0.05) is 59.5 Å². The largest absolute Gasteiger partial charge is 0.497 e. The van der Waals surface area contributed by atoms with E-state index in [1.165, 1.54) is 0 Å². The molecule has 0 spiro atoms. The van der Waals surface area contributed by atoms with Gasteiger partial charge in [-0.15, -0.1) is 11.3 Å². The Balaban J connectivity index is 1.25. The lowest BCUT2D eigenvalue weighted by molar-refractivity contribution is -0.129. The van der Waals surface area contributed by atoms with Gasteiger partial charge in [-0.25, -0.2) is 4.98 Å². The zero-order valence-electron chi connectivity index (χ0n) is 18.1. The molecule has 1 N–H and O–H groups in total. The van der Waals surface area contributed by atoms with Crippen LogP contribution in [0.25, 0.3) is 4.96 Å². The zero-order valence-corrected chi connectivity index (χ0v) is 18.9. The third-order valence-electron chi connectivity index (χ3n) is 5.79. The summed E-state index contributed by atoms with van der Waals surface area (Å²) in [5.41, 5.74) is 4.80. The number of aromatic nitrogens is 3. The van der Waals surface area contributed by atoms with Crippen molar-refractivity contribution in [3.05, 3.63) is 71.3 Å². The number of fused-ring (bicyclic) bond motifs is 1. The lowest BCUT2D eigenvalue weighted by Gasteiger charge is -2.17. The van der Waals surface area contributed by atoms with Crippen LogP contribution in [0, 0.1) is 6.92 Å². The van der Waals surface area contributed by atoms with E-state index in [0.29, 0.717) is 13.0 Å². The van der Waals surface area contributed by atoms with E-state index in [9.17, 15) is 4.79 Å². The quantitative estimate of drug-likeness (QED) is 0.474. The zero-order chi connectivity index (χ0) is 22.1. The maximum Gasteiger partial charge on any atom is 0.228 e. The number of nitrogens with zero attached hydrogens (tertiary/aromatic N) is 4. The number of methoxy groups -OCH3 is 1. The molecular weight excluding hydrogens is 422 g/mol. The first-order chi connectivity index (χ1) is 15.6. The Morgan fingerprint density at radius 1 is 1.22 bits per heavy atom. The summed E-state index contributed by atoms with van der Waals surface area (Å²) in [7, 11) is 1.66. The minimum atomic E-state index is 0.127. The Morgan fingerprint density at radius 2 is 2.06 bits per heavy atom. The third kappa shape index (κ3) is 4.31. The molecule has 3 aromatic heterocycles. The number of pyridine rings is 1. The second-order valence-electron chi connectivity index (χ2n) is 8.10. The summed E-state index contributed by atoms with van der Waals surface area (Å²) in [5, 5.41) is 5.44. The van der Waals surface area contributed by atoms with E-state index in [2.05, 4.69) is 16.4 Å². The smallest absolute Gasteiger partial charge is 0.228 e. The highest BCUT2D eigenvalue weighted by Gasteiger charge is 2.29. The molecular formula is C24H25N5O2S. The SMILES string of the molecule is COc1ccc(Nc2cc(C)nc(C3CCN(C(=O)Cc4cn5ccsc5n4)C3)c2)cc1. The Bertz CT molecular complexity index is 1220. The molecule has 1 unspecified atom stereocenters. The molecule has 1 fully saturated rings. The number of likely N-dealkylation sites (tertiary alicyclic amines) is 1. The summed E-state index contributed by atoms with van der Waals surface area (Å²) in [6.07, 6.45) is 5.17. The van der Waals surface area contributed by atoms with E-state index in [4.69, 9.17) is 9.72 Å². The Hall–Kier alpha value is -3.39. The molecule has 0 saturated carbocycles. The van der Waals surface area contributed by atoms with Crippen molar-refractivity contribution in [2.24, 2.45) is 0 Å². The number of anilines is 2. The molecule has 1 saturated heterocycles. The second kappa shape index (κ2) is 8.63. The fraction of sp³-hybridized carbons (Fsp3) is 0.292. The number of carbonyl (C=O) groups is 1. The maximum absolute atomic E-state index is 12.9. The lowest BCUT2D eigenvalue weighted by atomic mass is 10.0. The van der Waals surface area contributed by atoms with Crippen molar-refractivity contribution in [1.82, 2.24) is 19.3 Å². The maximum atomic E-state index is 12.9. The lowest BCUT2D eigenvalue weighted by Crippen LogP contribution is -2.30. The van der Waals surface area contributed by atoms with Gasteiger partial charge in [0.2, 0.25) is 5.91 Å². The molecule has 5 rings (SSSR count). The molecule has 4 aromatic rings. The fourth-order valence-electron chi connectivity index (χ4n) is 4.17. The fourth-order valence-corrected chi connectivity index (χ4v) is 4.89. The van der Waals surface area contributed by atoms with Crippen molar-refractivity contribution in [3.8, 4) is 5.75 Å². The van der Waals surface area contributed by atoms with Gasteiger partial charge < -0.3 is 15.0 Å². The summed E-state index contributed by atoms with van der Waals surface area (Å²) < 4.78 is 7.19. The van der Waals surface area contributed by atoms with Crippen molar-refractivity contribution < 1.29 is 9.53 Å². The van der Waals surface area contributed by atoms with E-state index in [1.54, 1.807) is 18.4 Å². The van der Waals surface area contributed by atoms with Gasteiger partial charge in [0.1, 0.15) is 5.75 Å². The van der Waals surface area contributed by atoms with E-state index in [-0.39, 0.29) is 11.8 Å². The predicted molar refractivity (Wildman–Crippen MR) is 126 cm³/mol. The first-order valence-electron chi connectivity index (χ1n) is 10.7. The summed E-state index contributed by atoms with van der Waals surface area (Å²) in [6, 6.07) is 12.0. The molecule has 8 heteroatoms. The standard InChI is InChI=1S/C24H25N5O2S/c1-16-11-19(26-18-3-5-21(31-2)6-4-18)12-22(25-16)17-7-8-28(14-17)23(30)13-20-15-29-9-10-32-24(29)27-20/h3-6,9-12,15,17H,7-8,13-14H2,1-2H3,(H,25,26). The van der Waals surface area contributed by atoms with Gasteiger partial charge in [0.05, 0.1) is 19.2 Å². The molecule has 32 heavy (non-hydrogen) atoms. The first-order valence-corrected chi connectivity index (χ1v) is 11.5. The number of amides is 1. The number of benzene rings is 1. The van der Waals surface area contributed by atoms with Gasteiger partial charge in [-0.3, -0.25) is 14.2 Å². The number of thiazole rings is 1. The average Bonchev–Trinajstić information content (AvgIpc) is 3.50. The van der Waals surface area contributed by atoms with Crippen LogP contribution in [0.1, 0.15) is 29.4 Å². The van der Waals surface area contributed by atoms with Crippen LogP contribution in [0.15, 0.2) is 54.2 Å². The van der Waals surface area contributed by atoms with Crippen LogP contribution in [0.3, 0.4) is 0 Å². The van der Waals surface area contributed by atoms with Gasteiger partial charge in [0.25, 0.3) is 0 Å². The van der Waals surface area contributed by atoms with Gasteiger partial charge >= 0.3 is 0 Å². The molecule has 7 nitrogen and oxygen atoms in total. The number of nitrogens with one attached hydrogen (secondary N) is 1. The minimum Gasteiger partial charge on any atom is -0.497 e. The molecule has 164 valence electrons. The van der Waals surface area contributed by atoms with E-state index in [0.717, 1.165) is 52.1 Å². The topological polar surface area (TPSA) is 71.8 Å². The van der Waals surface area contributed by atoms with E-state index < -0.39 is 0 Å². The highest BCUT2D eigenvalue weighted by Crippen LogP contribution is 2.30. The predicted octanol–water partition coefficient (Wildman–Crippen LogP) is 4.41. The summed E-state index contributed by atoms with van der Waals surface area (Å²) in [4.78, 5) is 25.0. The van der Waals surface area contributed by atoms with Gasteiger partial charge in [-0.2, -0.15) is 0 Å². The van der Waals surface area contributed by atoms with Crippen LogP contribution in [-0.2, 0) is 11.2 Å². The molecule has 0 bridgehead atoms. The Kier molecular flexibility index (Phi) is 5.53. The first kappa shape index (κ1) is 20.5. The summed E-state index contributed by atoms with van der Waals surface area (Å²) in [6.45, 7) is 3.45. The Labute approximate surface area is 190 Å². The van der Waals surface area contributed by atoms with Crippen LogP contribution in [0.2, 0.25) is 0 Å². The van der Waals surface area contributed by atoms with Crippen molar-refractivity contribution in [2.75, 3.05) is 25.5 Å². The number of carbonyl (C=O) groups excluding carboxylic acids is 1. The highest BCUT2D eigenvalue weighted by molar-refractivity contribution is 7.15. The van der Waals surface area contributed by atoms with Crippen LogP contribution in [0.4, 0.5) is 11.4 Å². The number of hydrogen-bond donors (Lipinski definition) is 1. The van der Waals surface area contributed by atoms with Crippen molar-refractivity contribution in [2.45, 2.75) is 25.7 Å². The Morgan fingerprint density at radius 3 is 2.84 bits per heavy atom. The number of rotatable bonds is 6. The minimum absolute atomic E-state index is 0.127. The molecule has 0 radical (unpaired) electrons. The normalized spacial score (nSPS) is 15.9. The molecule has 0 aliphatic carbocycles. The summed E-state index contributed by atoms with van der Waals surface area (Å²) in [5.74, 6) is 1.19.